The van der Waals surface area contributed by atoms with E-state index < -0.39 is 60.7 Å². The number of hydrogen-bond donors (Lipinski definition) is 6. The van der Waals surface area contributed by atoms with Crippen molar-refractivity contribution in [2.24, 2.45) is 5.73 Å². The molecule has 0 aromatic heterocycles. The summed E-state index contributed by atoms with van der Waals surface area (Å²) in [5.41, 5.74) is 6.10. The highest BCUT2D eigenvalue weighted by molar-refractivity contribution is 5.93. The van der Waals surface area contributed by atoms with E-state index in [0.29, 0.717) is 5.56 Å². The zero-order valence-corrected chi connectivity index (χ0v) is 14.7. The maximum Gasteiger partial charge on any atom is 0.326 e. The van der Waals surface area contributed by atoms with Crippen LogP contribution in [0.25, 0.3) is 0 Å². The van der Waals surface area contributed by atoms with Gasteiger partial charge in [-0.15, -0.1) is 0 Å². The molecule has 11 nitrogen and oxygen atoms in total. The number of aliphatic carboxylic acids is 3. The molecule has 0 bridgehead atoms. The SMILES string of the molecule is NC(CC(=O)O)C(=O)NC(Cc1ccccc1)C(=O)NC(CC(=O)O)C(=O)O. The number of rotatable bonds is 11. The van der Waals surface area contributed by atoms with Gasteiger partial charge in [0.05, 0.1) is 18.9 Å². The zero-order valence-electron chi connectivity index (χ0n) is 14.7. The average molecular weight is 395 g/mol. The Morgan fingerprint density at radius 1 is 0.821 bits per heavy atom. The van der Waals surface area contributed by atoms with Crippen LogP contribution in [-0.4, -0.2) is 63.2 Å². The van der Waals surface area contributed by atoms with Crippen molar-refractivity contribution in [3.8, 4) is 0 Å². The Morgan fingerprint density at radius 2 is 1.36 bits per heavy atom. The van der Waals surface area contributed by atoms with Gasteiger partial charge < -0.3 is 31.7 Å². The zero-order chi connectivity index (χ0) is 21.3. The second-order valence-electron chi connectivity index (χ2n) is 5.95. The van der Waals surface area contributed by atoms with Gasteiger partial charge in [0.2, 0.25) is 11.8 Å². The number of carboxylic acid groups (broad SMARTS) is 3. The maximum atomic E-state index is 12.5. The summed E-state index contributed by atoms with van der Waals surface area (Å²) in [5.74, 6) is -6.14. The number of carbonyl (C=O) groups is 5. The Hall–Kier alpha value is -3.47. The number of amides is 2. The molecular weight excluding hydrogens is 374 g/mol. The molecule has 0 aliphatic rings. The molecule has 11 heteroatoms. The first-order valence-electron chi connectivity index (χ1n) is 8.16. The molecule has 2 amide bonds. The van der Waals surface area contributed by atoms with Crippen molar-refractivity contribution in [2.75, 3.05) is 0 Å². The third-order valence-corrected chi connectivity index (χ3v) is 3.64. The van der Waals surface area contributed by atoms with Crippen LogP contribution in [0.2, 0.25) is 0 Å². The molecule has 1 aromatic carbocycles. The van der Waals surface area contributed by atoms with Gasteiger partial charge in [0.25, 0.3) is 0 Å². The fourth-order valence-electron chi connectivity index (χ4n) is 2.27. The highest BCUT2D eigenvalue weighted by Gasteiger charge is 2.29. The van der Waals surface area contributed by atoms with Crippen molar-refractivity contribution < 1.29 is 39.3 Å². The Kier molecular flexibility index (Phi) is 8.56. The molecule has 0 saturated heterocycles. The van der Waals surface area contributed by atoms with Gasteiger partial charge in [-0.3, -0.25) is 19.2 Å². The van der Waals surface area contributed by atoms with Gasteiger partial charge in [0.15, 0.2) is 0 Å². The highest BCUT2D eigenvalue weighted by Crippen LogP contribution is 2.05. The summed E-state index contributed by atoms with van der Waals surface area (Å²) in [4.78, 5) is 57.2. The second kappa shape index (κ2) is 10.6. The molecule has 0 radical (unpaired) electrons. The molecule has 28 heavy (non-hydrogen) atoms. The van der Waals surface area contributed by atoms with E-state index in [1.807, 2.05) is 0 Å². The molecule has 7 N–H and O–H groups in total. The van der Waals surface area contributed by atoms with Crippen LogP contribution >= 0.6 is 0 Å². The molecule has 0 aliphatic carbocycles. The van der Waals surface area contributed by atoms with Crippen LogP contribution in [0.15, 0.2) is 30.3 Å². The lowest BCUT2D eigenvalue weighted by molar-refractivity contribution is -0.147. The maximum absolute atomic E-state index is 12.5. The van der Waals surface area contributed by atoms with Crippen LogP contribution < -0.4 is 16.4 Å². The number of nitrogens with one attached hydrogen (secondary N) is 2. The third-order valence-electron chi connectivity index (χ3n) is 3.64. The van der Waals surface area contributed by atoms with E-state index in [-0.39, 0.29) is 6.42 Å². The Bertz CT molecular complexity index is 737. The monoisotopic (exact) mass is 395 g/mol. The van der Waals surface area contributed by atoms with Crippen LogP contribution in [0, 0.1) is 0 Å². The first-order valence-corrected chi connectivity index (χ1v) is 8.16. The standard InChI is InChI=1S/C17H21N3O8/c18-10(7-13(21)22)15(25)19-11(6-9-4-2-1-3-5-9)16(26)20-12(17(27)28)8-14(23)24/h1-5,10-12H,6-8,18H2,(H,19,25)(H,20,26)(H,21,22)(H,23,24)(H,27,28). The van der Waals surface area contributed by atoms with Crippen LogP contribution in [0.3, 0.4) is 0 Å². The van der Waals surface area contributed by atoms with Crippen LogP contribution in [-0.2, 0) is 30.4 Å². The van der Waals surface area contributed by atoms with E-state index in [9.17, 15) is 24.0 Å². The smallest absolute Gasteiger partial charge is 0.326 e. The van der Waals surface area contributed by atoms with E-state index in [1.165, 1.54) is 0 Å². The summed E-state index contributed by atoms with van der Waals surface area (Å²) in [6, 6.07) is 4.02. The Morgan fingerprint density at radius 3 is 1.86 bits per heavy atom. The van der Waals surface area contributed by atoms with Gasteiger partial charge >= 0.3 is 17.9 Å². The fourth-order valence-corrected chi connectivity index (χ4v) is 2.27. The largest absolute Gasteiger partial charge is 0.481 e. The minimum Gasteiger partial charge on any atom is -0.481 e. The van der Waals surface area contributed by atoms with E-state index in [1.54, 1.807) is 30.3 Å². The molecule has 0 heterocycles. The van der Waals surface area contributed by atoms with E-state index in [4.69, 9.17) is 21.1 Å². The Balaban J connectivity index is 2.96. The van der Waals surface area contributed by atoms with Gasteiger partial charge in [0.1, 0.15) is 12.1 Å². The lowest BCUT2D eigenvalue weighted by Gasteiger charge is -2.22. The minimum atomic E-state index is -1.70. The molecular formula is C17H21N3O8. The van der Waals surface area contributed by atoms with Crippen molar-refractivity contribution in [3.05, 3.63) is 35.9 Å². The summed E-state index contributed by atoms with van der Waals surface area (Å²) in [7, 11) is 0. The summed E-state index contributed by atoms with van der Waals surface area (Å²) in [6.45, 7) is 0. The van der Waals surface area contributed by atoms with Crippen molar-refractivity contribution in [3.63, 3.8) is 0 Å². The summed E-state index contributed by atoms with van der Waals surface area (Å²) in [5, 5.41) is 30.9. The predicted molar refractivity (Wildman–Crippen MR) is 94.1 cm³/mol. The number of carboxylic acids is 3. The van der Waals surface area contributed by atoms with E-state index >= 15 is 0 Å². The molecule has 3 atom stereocenters. The second-order valence-corrected chi connectivity index (χ2v) is 5.95. The van der Waals surface area contributed by atoms with Crippen LogP contribution in [0.5, 0.6) is 0 Å². The molecule has 0 aliphatic heterocycles. The quantitative estimate of drug-likeness (QED) is 0.260. The number of carbonyl (C=O) groups excluding carboxylic acids is 2. The third kappa shape index (κ3) is 7.83. The average Bonchev–Trinajstić information content (AvgIpc) is 2.60. The lowest BCUT2D eigenvalue weighted by atomic mass is 10.0. The number of benzene rings is 1. The van der Waals surface area contributed by atoms with E-state index in [2.05, 4.69) is 10.6 Å². The Labute approximate surface area is 159 Å². The van der Waals surface area contributed by atoms with Gasteiger partial charge in [-0.05, 0) is 5.56 Å². The van der Waals surface area contributed by atoms with Gasteiger partial charge in [-0.25, -0.2) is 4.79 Å². The van der Waals surface area contributed by atoms with E-state index in [0.717, 1.165) is 0 Å². The molecule has 3 unspecified atom stereocenters. The summed E-state index contributed by atoms with van der Waals surface area (Å²) in [6.07, 6.45) is -1.56. The minimum absolute atomic E-state index is 0.0440. The van der Waals surface area contributed by atoms with Gasteiger partial charge in [0, 0.05) is 6.42 Å². The number of nitrogens with two attached hydrogens (primary N) is 1. The van der Waals surface area contributed by atoms with Crippen molar-refractivity contribution >= 4 is 29.7 Å². The van der Waals surface area contributed by atoms with Crippen molar-refractivity contribution in [2.45, 2.75) is 37.4 Å². The lowest BCUT2D eigenvalue weighted by Crippen LogP contribution is -2.55. The summed E-state index contributed by atoms with van der Waals surface area (Å²) < 4.78 is 0. The molecule has 0 saturated carbocycles. The molecule has 1 rings (SSSR count). The normalized spacial score (nSPS) is 13.6. The van der Waals surface area contributed by atoms with Crippen LogP contribution in [0.4, 0.5) is 0 Å². The van der Waals surface area contributed by atoms with Gasteiger partial charge in [-0.2, -0.15) is 0 Å². The topological polar surface area (TPSA) is 196 Å². The molecule has 152 valence electrons. The molecule has 0 spiro atoms. The first kappa shape index (κ1) is 22.6. The first-order chi connectivity index (χ1) is 13.1. The molecule has 1 aromatic rings. The fraction of sp³-hybridized carbons (Fsp3) is 0.353. The van der Waals surface area contributed by atoms with Crippen LogP contribution in [0.1, 0.15) is 18.4 Å². The van der Waals surface area contributed by atoms with Crippen molar-refractivity contribution in [1.29, 1.82) is 0 Å². The van der Waals surface area contributed by atoms with Gasteiger partial charge in [-0.1, -0.05) is 30.3 Å². The molecule has 0 fully saturated rings. The number of hydrogen-bond acceptors (Lipinski definition) is 6. The summed E-state index contributed by atoms with van der Waals surface area (Å²) >= 11 is 0. The van der Waals surface area contributed by atoms with Crippen molar-refractivity contribution in [1.82, 2.24) is 10.6 Å². The predicted octanol–water partition coefficient (Wildman–Crippen LogP) is -1.44. The highest BCUT2D eigenvalue weighted by atomic mass is 16.4.